The first kappa shape index (κ1) is 11.0. The third-order valence-electron chi connectivity index (χ3n) is 2.22. The van der Waals surface area contributed by atoms with Crippen LogP contribution in [0.25, 0.3) is 0 Å². The van der Waals surface area contributed by atoms with E-state index < -0.39 is 0 Å². The van der Waals surface area contributed by atoms with Crippen LogP contribution >= 0.6 is 0 Å². The average Bonchev–Trinajstić information content (AvgIpc) is 2.12. The molecule has 0 aliphatic carbocycles. The fraction of sp³-hybridized carbons (Fsp3) is 0.455. The van der Waals surface area contributed by atoms with Crippen molar-refractivity contribution in [2.24, 2.45) is 5.73 Å². The maximum absolute atomic E-state index is 5.90. The van der Waals surface area contributed by atoms with Crippen LogP contribution in [-0.4, -0.2) is 0 Å². The Hall–Kier alpha value is -0.980. The zero-order valence-corrected chi connectivity index (χ0v) is 8.57. The van der Waals surface area contributed by atoms with Gasteiger partial charge >= 0.3 is 0 Å². The number of hydrogen-bond acceptors (Lipinski definition) is 1. The zero-order valence-electron chi connectivity index (χ0n) is 8.57. The molecular formula is C11H19N. The van der Waals surface area contributed by atoms with E-state index in [-0.39, 0.29) is 0 Å². The van der Waals surface area contributed by atoms with Gasteiger partial charge in [-0.25, -0.2) is 0 Å². The fourth-order valence-corrected chi connectivity index (χ4v) is 0.907. The fourth-order valence-electron chi connectivity index (χ4n) is 0.907. The van der Waals surface area contributed by atoms with Gasteiger partial charge in [-0.05, 0) is 38.3 Å². The van der Waals surface area contributed by atoms with E-state index in [2.05, 4.69) is 13.5 Å². The van der Waals surface area contributed by atoms with Gasteiger partial charge in [-0.1, -0.05) is 25.2 Å². The van der Waals surface area contributed by atoms with E-state index in [1.807, 2.05) is 26.8 Å². The third kappa shape index (κ3) is 2.57. The first-order valence-corrected chi connectivity index (χ1v) is 4.32. The number of rotatable bonds is 3. The molecule has 0 spiro atoms. The Morgan fingerprint density at radius 2 is 1.92 bits per heavy atom. The lowest BCUT2D eigenvalue weighted by Crippen LogP contribution is -2.03. The van der Waals surface area contributed by atoms with Crippen molar-refractivity contribution in [2.45, 2.75) is 34.1 Å². The molecule has 0 radical (unpaired) electrons. The minimum Gasteiger partial charge on any atom is -0.398 e. The maximum atomic E-state index is 5.90. The summed E-state index contributed by atoms with van der Waals surface area (Å²) in [5.74, 6) is 0. The molecule has 0 saturated heterocycles. The van der Waals surface area contributed by atoms with Crippen molar-refractivity contribution in [3.05, 3.63) is 35.1 Å². The molecule has 0 aliphatic rings. The third-order valence-corrected chi connectivity index (χ3v) is 2.22. The standard InChI is InChI=1S/C11H19N/c1-6-8(3)10(5)11(12)9(4)7-2/h7H,3,6,12H2,1-2,4-5H3/b9-7-,11-10-. The van der Waals surface area contributed by atoms with Crippen molar-refractivity contribution in [1.29, 1.82) is 0 Å². The molecule has 0 unspecified atom stereocenters. The summed E-state index contributed by atoms with van der Waals surface area (Å²) in [6.07, 6.45) is 2.98. The highest BCUT2D eigenvalue weighted by atomic mass is 14.6. The molecule has 0 aromatic rings. The van der Waals surface area contributed by atoms with Crippen LogP contribution in [0.15, 0.2) is 35.1 Å². The molecule has 2 N–H and O–H groups in total. The van der Waals surface area contributed by atoms with E-state index in [9.17, 15) is 0 Å². The van der Waals surface area contributed by atoms with Gasteiger partial charge in [0.1, 0.15) is 0 Å². The van der Waals surface area contributed by atoms with Gasteiger partial charge in [-0.15, -0.1) is 0 Å². The van der Waals surface area contributed by atoms with Crippen LogP contribution in [0.1, 0.15) is 34.1 Å². The summed E-state index contributed by atoms with van der Waals surface area (Å²) in [6, 6.07) is 0. The highest BCUT2D eigenvalue weighted by molar-refractivity contribution is 5.39. The zero-order chi connectivity index (χ0) is 9.72. The molecule has 68 valence electrons. The quantitative estimate of drug-likeness (QED) is 0.639. The van der Waals surface area contributed by atoms with Crippen molar-refractivity contribution in [3.8, 4) is 0 Å². The number of hydrogen-bond donors (Lipinski definition) is 1. The molecule has 0 aliphatic heterocycles. The second-order valence-electron chi connectivity index (χ2n) is 2.97. The summed E-state index contributed by atoms with van der Waals surface area (Å²) >= 11 is 0. The van der Waals surface area contributed by atoms with Crippen LogP contribution in [0.2, 0.25) is 0 Å². The minimum atomic E-state index is 0.865. The number of allylic oxidation sites excluding steroid dienone is 4. The smallest absolute Gasteiger partial charge is 0.0372 e. The molecule has 0 rings (SSSR count). The van der Waals surface area contributed by atoms with Crippen molar-refractivity contribution in [1.82, 2.24) is 0 Å². The normalized spacial score (nSPS) is 14.2. The highest BCUT2D eigenvalue weighted by Gasteiger charge is 2.01. The first-order chi connectivity index (χ1) is 5.54. The molecule has 0 atom stereocenters. The lowest BCUT2D eigenvalue weighted by Gasteiger charge is -2.08. The summed E-state index contributed by atoms with van der Waals surface area (Å²) in [4.78, 5) is 0. The Labute approximate surface area is 75.7 Å². The molecule has 0 heterocycles. The van der Waals surface area contributed by atoms with E-state index in [0.29, 0.717) is 0 Å². The Morgan fingerprint density at radius 3 is 2.25 bits per heavy atom. The first-order valence-electron chi connectivity index (χ1n) is 4.32. The van der Waals surface area contributed by atoms with Crippen LogP contribution < -0.4 is 5.73 Å². The van der Waals surface area contributed by atoms with Gasteiger partial charge in [0.15, 0.2) is 0 Å². The van der Waals surface area contributed by atoms with Crippen molar-refractivity contribution >= 4 is 0 Å². The van der Waals surface area contributed by atoms with Gasteiger partial charge in [0.25, 0.3) is 0 Å². The summed E-state index contributed by atoms with van der Waals surface area (Å²) in [6.45, 7) is 12.1. The molecule has 0 amide bonds. The molecule has 0 aromatic heterocycles. The van der Waals surface area contributed by atoms with Gasteiger partial charge in [-0.2, -0.15) is 0 Å². The van der Waals surface area contributed by atoms with E-state index in [0.717, 1.165) is 28.8 Å². The molecule has 0 aromatic carbocycles. The van der Waals surface area contributed by atoms with Crippen LogP contribution in [-0.2, 0) is 0 Å². The predicted molar refractivity (Wildman–Crippen MR) is 55.7 cm³/mol. The molecule has 0 saturated carbocycles. The molecule has 1 heteroatoms. The van der Waals surface area contributed by atoms with E-state index in [4.69, 9.17) is 5.73 Å². The summed E-state index contributed by atoms with van der Waals surface area (Å²) in [5, 5.41) is 0. The van der Waals surface area contributed by atoms with Gasteiger partial charge in [0.05, 0.1) is 0 Å². The second kappa shape index (κ2) is 4.81. The summed E-state index contributed by atoms with van der Waals surface area (Å²) in [5.41, 5.74) is 10.1. The van der Waals surface area contributed by atoms with Crippen LogP contribution in [0.5, 0.6) is 0 Å². The van der Waals surface area contributed by atoms with Crippen LogP contribution in [0, 0.1) is 0 Å². The Balaban J connectivity index is 4.81. The maximum Gasteiger partial charge on any atom is 0.0372 e. The minimum absolute atomic E-state index is 0.865. The second-order valence-corrected chi connectivity index (χ2v) is 2.97. The monoisotopic (exact) mass is 165 g/mol. The molecule has 1 nitrogen and oxygen atoms in total. The Kier molecular flexibility index (Phi) is 4.42. The highest BCUT2D eigenvalue weighted by Crippen LogP contribution is 2.17. The van der Waals surface area contributed by atoms with E-state index in [1.54, 1.807) is 0 Å². The van der Waals surface area contributed by atoms with Crippen molar-refractivity contribution < 1.29 is 0 Å². The lowest BCUT2D eigenvalue weighted by atomic mass is 10.0. The molecule has 0 bridgehead atoms. The van der Waals surface area contributed by atoms with Gasteiger partial charge in [0, 0.05) is 5.70 Å². The largest absolute Gasteiger partial charge is 0.398 e. The van der Waals surface area contributed by atoms with E-state index in [1.165, 1.54) is 0 Å². The van der Waals surface area contributed by atoms with Gasteiger partial charge in [0.2, 0.25) is 0 Å². The van der Waals surface area contributed by atoms with Crippen LogP contribution in [0.3, 0.4) is 0 Å². The van der Waals surface area contributed by atoms with Gasteiger partial charge in [-0.3, -0.25) is 0 Å². The topological polar surface area (TPSA) is 26.0 Å². The van der Waals surface area contributed by atoms with Crippen molar-refractivity contribution in [2.75, 3.05) is 0 Å². The summed E-state index contributed by atoms with van der Waals surface area (Å²) in [7, 11) is 0. The Bertz CT molecular complexity index is 231. The van der Waals surface area contributed by atoms with Crippen molar-refractivity contribution in [3.63, 3.8) is 0 Å². The van der Waals surface area contributed by atoms with E-state index >= 15 is 0 Å². The molecular weight excluding hydrogens is 146 g/mol. The van der Waals surface area contributed by atoms with Crippen LogP contribution in [0.4, 0.5) is 0 Å². The van der Waals surface area contributed by atoms with Gasteiger partial charge < -0.3 is 5.73 Å². The number of nitrogens with two attached hydrogens (primary N) is 1. The molecule has 0 fully saturated rings. The lowest BCUT2D eigenvalue weighted by molar-refractivity contribution is 1.08. The summed E-state index contributed by atoms with van der Waals surface area (Å²) < 4.78 is 0. The predicted octanol–water partition coefficient (Wildman–Crippen LogP) is 3.15. The molecule has 12 heavy (non-hydrogen) atoms. The Morgan fingerprint density at radius 1 is 1.42 bits per heavy atom. The average molecular weight is 165 g/mol. The SMILES string of the molecule is C=C(CC)/C(C)=C(N)/C(C)=C\C.